The van der Waals surface area contributed by atoms with Crippen molar-refractivity contribution in [3.63, 3.8) is 0 Å². The summed E-state index contributed by atoms with van der Waals surface area (Å²) in [5.74, 6) is 0. The third-order valence-electron chi connectivity index (χ3n) is 6.83. The lowest BCUT2D eigenvalue weighted by Gasteiger charge is -2.25. The third kappa shape index (κ3) is 6.77. The fraction of sp³-hybridized carbons (Fsp3) is 0.452. The summed E-state index contributed by atoms with van der Waals surface area (Å²) in [6.07, 6.45) is 6.99. The van der Waals surface area contributed by atoms with Crippen molar-refractivity contribution >= 4 is 0 Å². The lowest BCUT2D eigenvalue weighted by Crippen LogP contribution is -2.28. The number of benzene rings is 2. The first-order chi connectivity index (χ1) is 16.1. The van der Waals surface area contributed by atoms with E-state index in [-0.39, 0.29) is 0 Å². The van der Waals surface area contributed by atoms with E-state index in [1.165, 1.54) is 58.3 Å². The molecule has 1 heterocycles. The number of unbranched alkanes of at least 4 members (excludes halogenated alkanes) is 2. The minimum absolute atomic E-state index is 0.984. The van der Waals surface area contributed by atoms with Gasteiger partial charge in [-0.1, -0.05) is 82.1 Å². The SMILES string of the molecule is CCCCCN(CCc1ccccc1)Cc1c(C)cc(-c2c(CC)cccc2CC)nc1C. The Balaban J connectivity index is 1.85. The van der Waals surface area contributed by atoms with Crippen LogP contribution in [0.2, 0.25) is 0 Å². The molecule has 0 N–H and O–H groups in total. The first-order valence-corrected chi connectivity index (χ1v) is 12.9. The van der Waals surface area contributed by atoms with Crippen LogP contribution in [0.5, 0.6) is 0 Å². The Hall–Kier alpha value is -2.45. The molecule has 2 aromatic carbocycles. The molecule has 0 radical (unpaired) electrons. The molecule has 2 nitrogen and oxygen atoms in total. The highest BCUT2D eigenvalue weighted by Gasteiger charge is 2.16. The summed E-state index contributed by atoms with van der Waals surface area (Å²) in [5, 5.41) is 0. The molecule has 0 spiro atoms. The first-order valence-electron chi connectivity index (χ1n) is 12.9. The van der Waals surface area contributed by atoms with Gasteiger partial charge in [0.1, 0.15) is 0 Å². The topological polar surface area (TPSA) is 16.1 Å². The molecule has 0 bridgehead atoms. The quantitative estimate of drug-likeness (QED) is 0.267. The van der Waals surface area contributed by atoms with Crippen LogP contribution in [0.15, 0.2) is 54.6 Å². The molecule has 0 aliphatic carbocycles. The van der Waals surface area contributed by atoms with E-state index >= 15 is 0 Å². The van der Waals surface area contributed by atoms with Gasteiger partial charge in [0.2, 0.25) is 0 Å². The van der Waals surface area contributed by atoms with Gasteiger partial charge in [-0.25, -0.2) is 0 Å². The van der Waals surface area contributed by atoms with Gasteiger partial charge in [-0.05, 0) is 80.0 Å². The highest BCUT2D eigenvalue weighted by Crippen LogP contribution is 2.30. The minimum atomic E-state index is 0.984. The van der Waals surface area contributed by atoms with Crippen molar-refractivity contribution in [3.05, 3.63) is 88.1 Å². The van der Waals surface area contributed by atoms with Crippen LogP contribution in [-0.2, 0) is 25.8 Å². The third-order valence-corrected chi connectivity index (χ3v) is 6.83. The average Bonchev–Trinajstić information content (AvgIpc) is 2.84. The summed E-state index contributed by atoms with van der Waals surface area (Å²) in [6.45, 7) is 14.5. The molecule has 176 valence electrons. The predicted molar refractivity (Wildman–Crippen MR) is 143 cm³/mol. The van der Waals surface area contributed by atoms with Crippen LogP contribution >= 0.6 is 0 Å². The number of hydrogen-bond acceptors (Lipinski definition) is 2. The normalized spacial score (nSPS) is 11.3. The molecule has 0 aliphatic heterocycles. The van der Waals surface area contributed by atoms with Crippen molar-refractivity contribution in [2.75, 3.05) is 13.1 Å². The number of hydrogen-bond donors (Lipinski definition) is 0. The van der Waals surface area contributed by atoms with E-state index in [4.69, 9.17) is 4.98 Å². The lowest BCUT2D eigenvalue weighted by atomic mass is 9.93. The molecular formula is C31H42N2. The number of aromatic nitrogens is 1. The van der Waals surface area contributed by atoms with Crippen LogP contribution in [0, 0.1) is 13.8 Å². The molecule has 1 aromatic heterocycles. The fourth-order valence-electron chi connectivity index (χ4n) is 4.81. The van der Waals surface area contributed by atoms with Crippen molar-refractivity contribution in [2.45, 2.75) is 79.7 Å². The van der Waals surface area contributed by atoms with E-state index in [9.17, 15) is 0 Å². The van der Waals surface area contributed by atoms with Crippen LogP contribution in [0.4, 0.5) is 0 Å². The van der Waals surface area contributed by atoms with Gasteiger partial charge in [-0.2, -0.15) is 0 Å². The van der Waals surface area contributed by atoms with Crippen molar-refractivity contribution in [1.82, 2.24) is 9.88 Å². The Morgan fingerprint density at radius 3 is 2.09 bits per heavy atom. The van der Waals surface area contributed by atoms with E-state index in [2.05, 4.69) is 94.1 Å². The molecule has 0 fully saturated rings. The average molecular weight is 443 g/mol. The minimum Gasteiger partial charge on any atom is -0.299 e. The Morgan fingerprint density at radius 1 is 0.788 bits per heavy atom. The molecule has 3 aromatic rings. The van der Waals surface area contributed by atoms with Crippen molar-refractivity contribution in [1.29, 1.82) is 0 Å². The van der Waals surface area contributed by atoms with E-state index in [0.29, 0.717) is 0 Å². The molecule has 2 heteroatoms. The van der Waals surface area contributed by atoms with Crippen molar-refractivity contribution < 1.29 is 0 Å². The van der Waals surface area contributed by atoms with Crippen LogP contribution in [-0.4, -0.2) is 23.0 Å². The molecule has 33 heavy (non-hydrogen) atoms. The zero-order valence-corrected chi connectivity index (χ0v) is 21.5. The zero-order chi connectivity index (χ0) is 23.6. The predicted octanol–water partition coefficient (Wildman–Crippen LogP) is 7.73. The molecule has 3 rings (SSSR count). The van der Waals surface area contributed by atoms with Gasteiger partial charge in [-0.3, -0.25) is 9.88 Å². The molecule has 0 atom stereocenters. The van der Waals surface area contributed by atoms with E-state index in [0.717, 1.165) is 44.6 Å². The maximum absolute atomic E-state index is 5.16. The van der Waals surface area contributed by atoms with Crippen molar-refractivity contribution in [3.8, 4) is 11.3 Å². The molecule has 0 aliphatic rings. The fourth-order valence-corrected chi connectivity index (χ4v) is 4.81. The second kappa shape index (κ2) is 12.7. The Bertz CT molecular complexity index is 961. The molecule has 0 saturated heterocycles. The molecule has 0 unspecified atom stereocenters. The Labute approximate surface area is 202 Å². The molecule has 0 amide bonds. The highest BCUT2D eigenvalue weighted by atomic mass is 15.1. The van der Waals surface area contributed by atoms with E-state index in [1.807, 2.05) is 0 Å². The Morgan fingerprint density at radius 2 is 1.48 bits per heavy atom. The van der Waals surface area contributed by atoms with Gasteiger partial charge in [0.25, 0.3) is 0 Å². The van der Waals surface area contributed by atoms with Gasteiger partial charge >= 0.3 is 0 Å². The van der Waals surface area contributed by atoms with Gasteiger partial charge in [0.15, 0.2) is 0 Å². The second-order valence-electron chi connectivity index (χ2n) is 9.27. The van der Waals surface area contributed by atoms with Crippen molar-refractivity contribution in [2.24, 2.45) is 0 Å². The summed E-state index contributed by atoms with van der Waals surface area (Å²) in [4.78, 5) is 7.80. The van der Waals surface area contributed by atoms with Crippen LogP contribution in [0.3, 0.4) is 0 Å². The van der Waals surface area contributed by atoms with Gasteiger partial charge < -0.3 is 0 Å². The largest absolute Gasteiger partial charge is 0.299 e. The standard InChI is InChI=1S/C31H42N2/c1-6-9-13-20-33(21-19-26-15-11-10-12-16-26)23-29-24(4)22-30(32-25(29)5)31-27(7-2)17-14-18-28(31)8-3/h10-12,14-18,22H,6-9,13,19-21,23H2,1-5H3. The van der Waals surface area contributed by atoms with E-state index in [1.54, 1.807) is 0 Å². The number of nitrogens with zero attached hydrogens (tertiary/aromatic N) is 2. The van der Waals surface area contributed by atoms with Gasteiger partial charge in [0, 0.05) is 24.3 Å². The van der Waals surface area contributed by atoms with E-state index < -0.39 is 0 Å². The number of aryl methyl sites for hydroxylation is 4. The first kappa shape index (κ1) is 25.2. The van der Waals surface area contributed by atoms with Crippen LogP contribution in [0.25, 0.3) is 11.3 Å². The Kier molecular flexibility index (Phi) is 9.69. The van der Waals surface area contributed by atoms with Crippen LogP contribution < -0.4 is 0 Å². The summed E-state index contributed by atoms with van der Waals surface area (Å²) in [5.41, 5.74) is 10.7. The smallest absolute Gasteiger partial charge is 0.0713 e. The molecule has 0 saturated carbocycles. The van der Waals surface area contributed by atoms with Gasteiger partial charge in [0.05, 0.1) is 5.69 Å². The van der Waals surface area contributed by atoms with Crippen LogP contribution in [0.1, 0.15) is 73.5 Å². The summed E-state index contributed by atoms with van der Waals surface area (Å²) < 4.78 is 0. The summed E-state index contributed by atoms with van der Waals surface area (Å²) in [7, 11) is 0. The maximum Gasteiger partial charge on any atom is 0.0713 e. The molecular weight excluding hydrogens is 400 g/mol. The van der Waals surface area contributed by atoms with Gasteiger partial charge in [-0.15, -0.1) is 0 Å². The monoisotopic (exact) mass is 442 g/mol. The second-order valence-corrected chi connectivity index (χ2v) is 9.27. The summed E-state index contributed by atoms with van der Waals surface area (Å²) >= 11 is 0. The highest BCUT2D eigenvalue weighted by molar-refractivity contribution is 5.69. The number of pyridine rings is 1. The number of rotatable bonds is 12. The lowest BCUT2D eigenvalue weighted by molar-refractivity contribution is 0.261. The zero-order valence-electron chi connectivity index (χ0n) is 21.5. The summed E-state index contributed by atoms with van der Waals surface area (Å²) in [6, 6.07) is 19.9. The maximum atomic E-state index is 5.16.